The molecule has 3 heteroatoms. The summed E-state index contributed by atoms with van der Waals surface area (Å²) in [5.41, 5.74) is -0.861. The predicted molar refractivity (Wildman–Crippen MR) is 33.4 cm³/mol. The van der Waals surface area contributed by atoms with E-state index in [1.165, 1.54) is 0 Å². The first-order valence-corrected chi connectivity index (χ1v) is 4.13. The fourth-order valence-electron chi connectivity index (χ4n) is 0.372. The summed E-state index contributed by atoms with van der Waals surface area (Å²) in [7, 11) is 0. The molecule has 0 aromatic heterocycles. The van der Waals surface area contributed by atoms with Crippen molar-refractivity contribution in [2.24, 2.45) is 0 Å². The maximum absolute atomic E-state index is 10.5. The first kappa shape index (κ1) is 8.27. The third-order valence-corrected chi connectivity index (χ3v) is 2.40. The predicted octanol–water partition coefficient (Wildman–Crippen LogP) is 0.922. The van der Waals surface area contributed by atoms with E-state index in [2.05, 4.69) is 0 Å². The second-order valence-corrected chi connectivity index (χ2v) is 3.37. The zero-order valence-corrected chi connectivity index (χ0v) is 6.03. The third kappa shape index (κ3) is 2.55. The molecule has 0 heterocycles. The second-order valence-electron chi connectivity index (χ2n) is 1.51. The Morgan fingerprint density at radius 3 is 2.25 bits per heavy atom. The molecule has 0 spiro atoms. The number of hydrogen-bond acceptors (Lipinski definition) is 1. The first-order valence-electron chi connectivity index (χ1n) is 2.75. The average Bonchev–Trinajstić information content (AvgIpc) is 1.84. The van der Waals surface area contributed by atoms with Crippen LogP contribution in [-0.4, -0.2) is 15.7 Å². The fraction of sp³-hybridized carbons (Fsp3) is 1.00. The van der Waals surface area contributed by atoms with E-state index in [-0.39, 0.29) is 0 Å². The summed E-state index contributed by atoms with van der Waals surface area (Å²) >= 11 is -1.13. The zero-order chi connectivity index (χ0) is 6.57. The first-order chi connectivity index (χ1) is 3.72. The zero-order valence-electron chi connectivity index (χ0n) is 5.22. The quantitative estimate of drug-likeness (QED) is 0.531. The van der Waals surface area contributed by atoms with Crippen molar-refractivity contribution < 1.29 is 9.66 Å². The van der Waals surface area contributed by atoms with E-state index in [4.69, 9.17) is 0 Å². The van der Waals surface area contributed by atoms with Crippen LogP contribution in [0.3, 0.4) is 0 Å². The second kappa shape index (κ2) is 4.18. The molecule has 2 atom stereocenters. The van der Waals surface area contributed by atoms with Crippen LogP contribution in [0.5, 0.6) is 0 Å². The van der Waals surface area contributed by atoms with Gasteiger partial charge in [-0.1, -0.05) is 6.92 Å². The summed E-state index contributed by atoms with van der Waals surface area (Å²) in [6.07, 6.45) is 0.473. The van der Waals surface area contributed by atoms with Gasteiger partial charge in [-0.05, 0) is 18.1 Å². The van der Waals surface area contributed by atoms with Crippen LogP contribution < -0.4 is 0 Å². The highest BCUT2D eigenvalue weighted by atomic mass is 32.2. The van der Waals surface area contributed by atoms with Gasteiger partial charge in [0.25, 0.3) is 0 Å². The van der Waals surface area contributed by atoms with Crippen molar-refractivity contribution in [3.05, 3.63) is 0 Å². The molecule has 0 saturated carbocycles. The van der Waals surface area contributed by atoms with Crippen LogP contribution in [0.2, 0.25) is 0 Å². The van der Waals surface area contributed by atoms with E-state index in [0.717, 1.165) is 0 Å². The summed E-state index contributed by atoms with van der Waals surface area (Å²) in [4.78, 5) is 0. The van der Waals surface area contributed by atoms with Crippen LogP contribution in [0.1, 0.15) is 20.3 Å². The summed E-state index contributed by atoms with van der Waals surface area (Å²) in [6, 6.07) is 0. The van der Waals surface area contributed by atoms with Crippen molar-refractivity contribution in [1.82, 2.24) is 0 Å². The number of hydrogen-bond donors (Lipinski definition) is 0. The van der Waals surface area contributed by atoms with Gasteiger partial charge in [0.05, 0.1) is 0 Å². The molecule has 0 aliphatic heterocycles. The Bertz CT molecular complexity index is 50.4. The Labute approximate surface area is 53.1 Å². The highest BCUT2D eigenvalue weighted by molar-refractivity contribution is 7.91. The van der Waals surface area contributed by atoms with Crippen molar-refractivity contribution in [2.75, 3.05) is 5.75 Å². The van der Waals surface area contributed by atoms with Crippen LogP contribution >= 0.6 is 0 Å². The molecule has 2 nitrogen and oxygen atoms in total. The molecule has 0 saturated heterocycles. The van der Waals surface area contributed by atoms with E-state index in [9.17, 15) is 9.66 Å². The van der Waals surface area contributed by atoms with E-state index in [0.29, 0.717) is 12.2 Å². The molecule has 0 aromatic carbocycles. The summed E-state index contributed by atoms with van der Waals surface area (Å²) in [6.45, 7) is 3.52. The molecule has 49 valence electrons. The molecular formula is C5H11O2S. The van der Waals surface area contributed by atoms with Gasteiger partial charge >= 0.3 is 0 Å². The minimum absolute atomic E-state index is 0.473. The minimum Gasteiger partial charge on any atom is -0.614 e. The molecule has 8 heavy (non-hydrogen) atoms. The van der Waals surface area contributed by atoms with Crippen LogP contribution in [-0.2, 0) is 16.3 Å². The summed E-state index contributed by atoms with van der Waals surface area (Å²) in [5.74, 6) is 0.488. The molecule has 0 aliphatic carbocycles. The molecule has 0 amide bonds. The Kier molecular flexibility index (Phi) is 4.32. The van der Waals surface area contributed by atoms with Gasteiger partial charge in [0.2, 0.25) is 5.44 Å². The minimum atomic E-state index is -1.13. The smallest absolute Gasteiger partial charge is 0.245 e. The molecule has 0 N–H and O–H groups in total. The molecule has 2 unspecified atom stereocenters. The van der Waals surface area contributed by atoms with Crippen LogP contribution in [0, 0.1) is 0 Å². The van der Waals surface area contributed by atoms with E-state index in [1.807, 2.05) is 0 Å². The Hall–Kier alpha value is 0.270. The summed E-state index contributed by atoms with van der Waals surface area (Å²) in [5, 5.41) is 10.5. The van der Waals surface area contributed by atoms with Crippen molar-refractivity contribution in [2.45, 2.75) is 25.7 Å². The Morgan fingerprint density at radius 1 is 1.62 bits per heavy atom. The van der Waals surface area contributed by atoms with Gasteiger partial charge in [0.1, 0.15) is 5.75 Å². The fourth-order valence-corrected chi connectivity index (χ4v) is 1.12. The van der Waals surface area contributed by atoms with Gasteiger partial charge < -0.3 is 4.55 Å². The van der Waals surface area contributed by atoms with E-state index >= 15 is 0 Å². The van der Waals surface area contributed by atoms with Gasteiger partial charge in [-0.2, -0.15) is 5.11 Å². The molecule has 0 bridgehead atoms. The molecule has 0 aliphatic rings. The molecular weight excluding hydrogens is 124 g/mol. The Balaban J connectivity index is 3.29. The van der Waals surface area contributed by atoms with Crippen molar-refractivity contribution >= 4 is 11.2 Å². The summed E-state index contributed by atoms with van der Waals surface area (Å²) < 4.78 is 10.5. The average molecular weight is 135 g/mol. The van der Waals surface area contributed by atoms with Crippen molar-refractivity contribution in [3.63, 3.8) is 0 Å². The van der Waals surface area contributed by atoms with E-state index < -0.39 is 16.6 Å². The largest absolute Gasteiger partial charge is 0.614 e. The van der Waals surface area contributed by atoms with Gasteiger partial charge in [-0.25, -0.2) is 0 Å². The maximum Gasteiger partial charge on any atom is 0.245 e. The monoisotopic (exact) mass is 135 g/mol. The van der Waals surface area contributed by atoms with Crippen LogP contribution in [0.4, 0.5) is 0 Å². The van der Waals surface area contributed by atoms with Crippen LogP contribution in [0.15, 0.2) is 0 Å². The molecule has 0 rings (SSSR count). The molecule has 0 fully saturated rings. The molecule has 0 aromatic rings. The van der Waals surface area contributed by atoms with Gasteiger partial charge in [0.15, 0.2) is 0 Å². The SMILES string of the molecule is CCC([O])[S+]([O-])CC. The van der Waals surface area contributed by atoms with Crippen molar-refractivity contribution in [3.8, 4) is 0 Å². The normalized spacial score (nSPS) is 18.0. The van der Waals surface area contributed by atoms with Crippen LogP contribution in [0.25, 0.3) is 0 Å². The van der Waals surface area contributed by atoms with E-state index in [1.54, 1.807) is 13.8 Å². The maximum atomic E-state index is 10.5. The lowest BCUT2D eigenvalue weighted by molar-refractivity contribution is 0.151. The standard InChI is InChI=1S/C5H11O2S/c1-3-5(6)8(7)4-2/h5H,3-4H2,1-2H3. The lowest BCUT2D eigenvalue weighted by Crippen LogP contribution is -2.19. The van der Waals surface area contributed by atoms with Gasteiger partial charge in [-0.15, -0.1) is 0 Å². The topological polar surface area (TPSA) is 43.0 Å². The third-order valence-electron chi connectivity index (χ3n) is 0.911. The van der Waals surface area contributed by atoms with Gasteiger partial charge in [0, 0.05) is 6.42 Å². The van der Waals surface area contributed by atoms with Crippen molar-refractivity contribution in [1.29, 1.82) is 0 Å². The Morgan fingerprint density at radius 2 is 2.12 bits per heavy atom. The highest BCUT2D eigenvalue weighted by Crippen LogP contribution is 2.02. The lowest BCUT2D eigenvalue weighted by atomic mass is 10.5. The highest BCUT2D eigenvalue weighted by Gasteiger charge is 2.14. The molecule has 1 radical (unpaired) electrons. The van der Waals surface area contributed by atoms with Gasteiger partial charge in [-0.3, -0.25) is 0 Å². The lowest BCUT2D eigenvalue weighted by Gasteiger charge is -2.10. The number of rotatable bonds is 3.